The maximum absolute atomic E-state index is 13.7. The summed E-state index contributed by atoms with van der Waals surface area (Å²) in [5.74, 6) is -0.683. The molecule has 2 N–H and O–H groups in total. The number of ether oxygens (including phenoxy) is 1. The van der Waals surface area contributed by atoms with Gasteiger partial charge in [0.1, 0.15) is 29.2 Å². The molecule has 3 aromatic rings. The molecule has 5 nitrogen and oxygen atoms in total. The van der Waals surface area contributed by atoms with Gasteiger partial charge in [0.05, 0.1) is 17.3 Å². The molecule has 1 atom stereocenters. The van der Waals surface area contributed by atoms with Crippen molar-refractivity contribution < 1.29 is 18.3 Å². The zero-order valence-corrected chi connectivity index (χ0v) is 15.4. The van der Waals surface area contributed by atoms with E-state index in [4.69, 9.17) is 10.00 Å². The predicted octanol–water partition coefficient (Wildman–Crippen LogP) is 5.07. The van der Waals surface area contributed by atoms with Crippen LogP contribution in [0.2, 0.25) is 0 Å². The fourth-order valence-corrected chi connectivity index (χ4v) is 2.50. The minimum absolute atomic E-state index is 0.213. The van der Waals surface area contributed by atoms with Crippen molar-refractivity contribution in [2.45, 2.75) is 13.0 Å². The predicted molar refractivity (Wildman–Crippen MR) is 106 cm³/mol. The first-order valence-electron chi connectivity index (χ1n) is 8.75. The number of carbonyl (C=O) groups is 1. The van der Waals surface area contributed by atoms with E-state index in [9.17, 15) is 13.6 Å². The van der Waals surface area contributed by atoms with Gasteiger partial charge in [-0.05, 0) is 67.6 Å². The van der Waals surface area contributed by atoms with E-state index in [1.165, 1.54) is 0 Å². The second-order valence-electron chi connectivity index (χ2n) is 6.24. The summed E-state index contributed by atoms with van der Waals surface area (Å²) in [6, 6.07) is 17.8. The van der Waals surface area contributed by atoms with Gasteiger partial charge in [0.25, 0.3) is 0 Å². The van der Waals surface area contributed by atoms with Crippen molar-refractivity contribution in [1.29, 1.82) is 5.26 Å². The van der Waals surface area contributed by atoms with Crippen LogP contribution in [0.3, 0.4) is 0 Å². The third kappa shape index (κ3) is 5.30. The Hall–Kier alpha value is -3.92. The minimum Gasteiger partial charge on any atom is -0.457 e. The molecule has 0 aliphatic heterocycles. The van der Waals surface area contributed by atoms with Crippen LogP contribution >= 0.6 is 0 Å². The normalized spacial score (nSPS) is 11.2. The molecule has 0 aromatic heterocycles. The van der Waals surface area contributed by atoms with Gasteiger partial charge in [-0.25, -0.2) is 8.78 Å². The van der Waals surface area contributed by atoms with E-state index in [2.05, 4.69) is 10.6 Å². The summed E-state index contributed by atoms with van der Waals surface area (Å²) in [7, 11) is 0. The van der Waals surface area contributed by atoms with Crippen LogP contribution in [0.5, 0.6) is 11.5 Å². The first-order chi connectivity index (χ1) is 13.9. The van der Waals surface area contributed by atoms with E-state index in [0.717, 1.165) is 18.2 Å². The number of hydrogen-bond donors (Lipinski definition) is 2. The maximum atomic E-state index is 13.7. The molecule has 1 amide bonds. The molecule has 0 heterocycles. The van der Waals surface area contributed by atoms with Crippen LogP contribution in [-0.2, 0) is 4.79 Å². The Morgan fingerprint density at radius 2 is 1.62 bits per heavy atom. The third-order valence-electron chi connectivity index (χ3n) is 4.04. The molecule has 0 saturated heterocycles. The highest BCUT2D eigenvalue weighted by atomic mass is 19.1. The third-order valence-corrected chi connectivity index (χ3v) is 4.04. The van der Waals surface area contributed by atoms with E-state index in [-0.39, 0.29) is 5.69 Å². The quantitative estimate of drug-likeness (QED) is 0.613. The fourth-order valence-electron chi connectivity index (χ4n) is 2.50. The van der Waals surface area contributed by atoms with Crippen molar-refractivity contribution in [1.82, 2.24) is 0 Å². The van der Waals surface area contributed by atoms with Crippen molar-refractivity contribution in [3.63, 3.8) is 0 Å². The van der Waals surface area contributed by atoms with Crippen molar-refractivity contribution in [3.05, 3.63) is 83.9 Å². The van der Waals surface area contributed by atoms with E-state index < -0.39 is 23.6 Å². The number of nitrogens with one attached hydrogen (secondary N) is 2. The number of nitriles is 1. The van der Waals surface area contributed by atoms with Crippen LogP contribution < -0.4 is 15.4 Å². The average Bonchev–Trinajstić information content (AvgIpc) is 2.72. The molecule has 0 saturated carbocycles. The summed E-state index contributed by atoms with van der Waals surface area (Å²) < 4.78 is 32.6. The molecule has 7 heteroatoms. The topological polar surface area (TPSA) is 74.1 Å². The summed E-state index contributed by atoms with van der Waals surface area (Å²) in [6.07, 6.45) is 0. The van der Waals surface area contributed by atoms with Gasteiger partial charge in [-0.1, -0.05) is 0 Å². The van der Waals surface area contributed by atoms with Gasteiger partial charge < -0.3 is 15.4 Å². The molecule has 0 fully saturated rings. The molecule has 0 aliphatic carbocycles. The maximum Gasteiger partial charge on any atom is 0.246 e. The van der Waals surface area contributed by atoms with Gasteiger partial charge in [0.2, 0.25) is 5.91 Å². The van der Waals surface area contributed by atoms with Gasteiger partial charge in [-0.2, -0.15) is 5.26 Å². The highest BCUT2D eigenvalue weighted by molar-refractivity contribution is 5.96. The Kier molecular flexibility index (Phi) is 6.05. The lowest BCUT2D eigenvalue weighted by atomic mass is 10.2. The van der Waals surface area contributed by atoms with E-state index in [0.29, 0.717) is 22.7 Å². The molecule has 3 aromatic carbocycles. The number of nitrogens with zero attached hydrogens (tertiary/aromatic N) is 1. The molecule has 0 spiro atoms. The Morgan fingerprint density at radius 1 is 1.00 bits per heavy atom. The second kappa shape index (κ2) is 8.85. The van der Waals surface area contributed by atoms with Gasteiger partial charge >= 0.3 is 0 Å². The molecule has 0 aliphatic rings. The number of rotatable bonds is 6. The highest BCUT2D eigenvalue weighted by Gasteiger charge is 2.15. The van der Waals surface area contributed by atoms with Gasteiger partial charge in [0.15, 0.2) is 0 Å². The zero-order chi connectivity index (χ0) is 20.8. The number of benzene rings is 3. The number of amides is 1. The average molecular weight is 393 g/mol. The van der Waals surface area contributed by atoms with Gasteiger partial charge in [-0.15, -0.1) is 0 Å². The molecular formula is C22H17F2N3O2. The van der Waals surface area contributed by atoms with Crippen LogP contribution in [0.4, 0.5) is 20.2 Å². The standard InChI is InChI=1S/C22H17F2N3O2/c1-14(22(28)27-21-12-16(23)4-11-20(21)24)26-17-5-9-19(10-6-17)29-18-7-2-15(13-25)3-8-18/h2-12,14,26H,1H3,(H,27,28). The van der Waals surface area contributed by atoms with Crippen LogP contribution in [0.1, 0.15) is 12.5 Å². The fraction of sp³-hybridized carbons (Fsp3) is 0.0909. The SMILES string of the molecule is CC(Nc1ccc(Oc2ccc(C#N)cc2)cc1)C(=O)Nc1cc(F)ccc1F. The first kappa shape index (κ1) is 19.8. The highest BCUT2D eigenvalue weighted by Crippen LogP contribution is 2.24. The summed E-state index contributed by atoms with van der Waals surface area (Å²) >= 11 is 0. The first-order valence-corrected chi connectivity index (χ1v) is 8.75. The van der Waals surface area contributed by atoms with Crippen molar-refractivity contribution in [2.75, 3.05) is 10.6 Å². The Balaban J connectivity index is 1.58. The largest absolute Gasteiger partial charge is 0.457 e. The summed E-state index contributed by atoms with van der Waals surface area (Å²) in [5, 5.41) is 14.1. The summed E-state index contributed by atoms with van der Waals surface area (Å²) in [4.78, 5) is 12.2. The van der Waals surface area contributed by atoms with Crippen molar-refractivity contribution >= 4 is 17.3 Å². The van der Waals surface area contributed by atoms with Crippen LogP contribution in [0.15, 0.2) is 66.7 Å². The van der Waals surface area contributed by atoms with E-state index in [1.807, 2.05) is 6.07 Å². The number of halogens is 2. The monoisotopic (exact) mass is 393 g/mol. The molecule has 0 radical (unpaired) electrons. The molecule has 146 valence electrons. The van der Waals surface area contributed by atoms with Crippen molar-refractivity contribution in [2.24, 2.45) is 0 Å². The molecule has 29 heavy (non-hydrogen) atoms. The summed E-state index contributed by atoms with van der Waals surface area (Å²) in [6.45, 7) is 1.60. The van der Waals surface area contributed by atoms with E-state index in [1.54, 1.807) is 55.5 Å². The Labute approximate surface area is 166 Å². The second-order valence-corrected chi connectivity index (χ2v) is 6.24. The lowest BCUT2D eigenvalue weighted by molar-refractivity contribution is -0.116. The van der Waals surface area contributed by atoms with Gasteiger partial charge in [0, 0.05) is 11.8 Å². The number of anilines is 2. The number of carbonyl (C=O) groups excluding carboxylic acids is 1. The molecular weight excluding hydrogens is 376 g/mol. The summed E-state index contributed by atoms with van der Waals surface area (Å²) in [5.41, 5.74) is 0.983. The minimum atomic E-state index is -0.712. The lowest BCUT2D eigenvalue weighted by Crippen LogP contribution is -2.32. The zero-order valence-electron chi connectivity index (χ0n) is 15.4. The Bertz CT molecular complexity index is 1050. The van der Waals surface area contributed by atoms with Crippen LogP contribution in [0, 0.1) is 23.0 Å². The van der Waals surface area contributed by atoms with Crippen molar-refractivity contribution in [3.8, 4) is 17.6 Å². The van der Waals surface area contributed by atoms with Gasteiger partial charge in [-0.3, -0.25) is 4.79 Å². The molecule has 0 bridgehead atoms. The molecule has 3 rings (SSSR count). The Morgan fingerprint density at radius 3 is 2.24 bits per heavy atom. The van der Waals surface area contributed by atoms with E-state index >= 15 is 0 Å². The smallest absolute Gasteiger partial charge is 0.246 e. The lowest BCUT2D eigenvalue weighted by Gasteiger charge is -2.16. The number of hydrogen-bond acceptors (Lipinski definition) is 4. The van der Waals surface area contributed by atoms with Crippen LogP contribution in [-0.4, -0.2) is 11.9 Å². The molecule has 1 unspecified atom stereocenters. The van der Waals surface area contributed by atoms with Crippen LogP contribution in [0.25, 0.3) is 0 Å².